The molecule has 2 rings (SSSR count). The summed E-state index contributed by atoms with van der Waals surface area (Å²) in [5.74, 6) is 1.14. The summed E-state index contributed by atoms with van der Waals surface area (Å²) in [4.78, 5) is 4.03. The third kappa shape index (κ3) is 3.48. The highest BCUT2D eigenvalue weighted by Gasteiger charge is 2.11. The number of nitrogens with zero attached hydrogens (tertiary/aromatic N) is 2. The molecule has 0 amide bonds. The number of ether oxygens (including phenoxy) is 2. The van der Waals surface area contributed by atoms with Crippen molar-refractivity contribution in [2.24, 2.45) is 5.16 Å². The Bertz CT molecular complexity index is 603. The molecule has 0 aliphatic heterocycles. The molecule has 2 aromatic rings. The van der Waals surface area contributed by atoms with Crippen LogP contribution >= 0.6 is 15.9 Å². The minimum absolute atomic E-state index is 0.385. The van der Waals surface area contributed by atoms with Crippen LogP contribution in [-0.2, 0) is 6.61 Å². The van der Waals surface area contributed by atoms with Gasteiger partial charge in [-0.05, 0) is 34.1 Å². The molecule has 0 unspecified atom stereocenters. The summed E-state index contributed by atoms with van der Waals surface area (Å²) >= 11 is 3.42. The lowest BCUT2D eigenvalue weighted by atomic mass is 10.2. The first-order valence-corrected chi connectivity index (χ1v) is 6.60. The predicted molar refractivity (Wildman–Crippen MR) is 78.6 cm³/mol. The van der Waals surface area contributed by atoms with Crippen molar-refractivity contribution in [3.63, 3.8) is 0 Å². The molecule has 0 bridgehead atoms. The summed E-state index contributed by atoms with van der Waals surface area (Å²) in [7, 11) is 1.55. The van der Waals surface area contributed by atoms with E-state index in [-0.39, 0.29) is 0 Å². The van der Waals surface area contributed by atoms with Gasteiger partial charge in [-0.15, -0.1) is 0 Å². The van der Waals surface area contributed by atoms with E-state index in [1.54, 1.807) is 31.6 Å². The van der Waals surface area contributed by atoms with Crippen molar-refractivity contribution in [1.29, 1.82) is 0 Å². The van der Waals surface area contributed by atoms with Crippen LogP contribution in [0.5, 0.6) is 11.5 Å². The Morgan fingerprint density at radius 3 is 2.95 bits per heavy atom. The van der Waals surface area contributed by atoms with Crippen LogP contribution in [0.3, 0.4) is 0 Å². The Hall–Kier alpha value is -2.08. The Morgan fingerprint density at radius 1 is 1.45 bits per heavy atom. The van der Waals surface area contributed by atoms with Crippen molar-refractivity contribution in [1.82, 2.24) is 4.98 Å². The van der Waals surface area contributed by atoms with Crippen LogP contribution in [0.25, 0.3) is 0 Å². The average Bonchev–Trinajstić information content (AvgIpc) is 2.47. The first kappa shape index (κ1) is 14.3. The smallest absolute Gasteiger partial charge is 0.175 e. The summed E-state index contributed by atoms with van der Waals surface area (Å²) < 4.78 is 11.8. The van der Waals surface area contributed by atoms with Crippen LogP contribution in [0.15, 0.2) is 46.3 Å². The number of aromatic nitrogens is 1. The van der Waals surface area contributed by atoms with Crippen LogP contribution < -0.4 is 9.47 Å². The second-order valence-corrected chi connectivity index (χ2v) is 4.78. The molecule has 6 heteroatoms. The molecule has 0 atom stereocenters. The van der Waals surface area contributed by atoms with E-state index in [1.807, 2.05) is 12.1 Å². The summed E-state index contributed by atoms with van der Waals surface area (Å²) in [6.07, 6.45) is 4.77. The van der Waals surface area contributed by atoms with Crippen molar-refractivity contribution < 1.29 is 14.7 Å². The normalized spacial score (nSPS) is 10.7. The quantitative estimate of drug-likeness (QED) is 0.517. The lowest BCUT2D eigenvalue weighted by Gasteiger charge is -2.13. The van der Waals surface area contributed by atoms with Gasteiger partial charge < -0.3 is 14.7 Å². The van der Waals surface area contributed by atoms with Gasteiger partial charge in [-0.3, -0.25) is 4.98 Å². The molecule has 1 aromatic carbocycles. The van der Waals surface area contributed by atoms with Gasteiger partial charge in [0.25, 0.3) is 0 Å². The zero-order valence-electron chi connectivity index (χ0n) is 10.8. The van der Waals surface area contributed by atoms with Crippen LogP contribution in [-0.4, -0.2) is 23.5 Å². The number of rotatable bonds is 5. The monoisotopic (exact) mass is 336 g/mol. The van der Waals surface area contributed by atoms with Gasteiger partial charge in [0.2, 0.25) is 0 Å². The molecule has 104 valence electrons. The molecule has 0 spiro atoms. The molecule has 0 saturated carbocycles. The van der Waals surface area contributed by atoms with E-state index in [9.17, 15) is 0 Å². The molecule has 1 aromatic heterocycles. The summed E-state index contributed by atoms with van der Waals surface area (Å²) in [6.45, 7) is 0.385. The molecule has 0 saturated heterocycles. The molecule has 1 heterocycles. The highest BCUT2D eigenvalue weighted by Crippen LogP contribution is 2.36. The van der Waals surface area contributed by atoms with E-state index < -0.39 is 0 Å². The number of benzene rings is 1. The number of pyridine rings is 1. The van der Waals surface area contributed by atoms with Crippen molar-refractivity contribution in [3.8, 4) is 11.5 Å². The number of hydrogen-bond acceptors (Lipinski definition) is 5. The molecular weight excluding hydrogens is 324 g/mol. The lowest BCUT2D eigenvalue weighted by molar-refractivity contribution is 0.282. The largest absolute Gasteiger partial charge is 0.493 e. The minimum atomic E-state index is 0.385. The Morgan fingerprint density at radius 2 is 2.30 bits per heavy atom. The Kier molecular flexibility index (Phi) is 4.95. The highest BCUT2D eigenvalue weighted by molar-refractivity contribution is 9.10. The maximum absolute atomic E-state index is 8.57. The van der Waals surface area contributed by atoms with Crippen LogP contribution in [0.4, 0.5) is 0 Å². The van der Waals surface area contributed by atoms with Gasteiger partial charge in [-0.25, -0.2) is 0 Å². The van der Waals surface area contributed by atoms with Crippen molar-refractivity contribution in [2.45, 2.75) is 6.61 Å². The third-order valence-electron chi connectivity index (χ3n) is 2.56. The minimum Gasteiger partial charge on any atom is -0.493 e. The third-order valence-corrected chi connectivity index (χ3v) is 3.15. The van der Waals surface area contributed by atoms with Gasteiger partial charge in [0, 0.05) is 23.5 Å². The molecule has 0 aliphatic rings. The Balaban J connectivity index is 2.22. The zero-order valence-corrected chi connectivity index (χ0v) is 12.4. The van der Waals surface area contributed by atoms with E-state index in [4.69, 9.17) is 14.7 Å². The van der Waals surface area contributed by atoms with Gasteiger partial charge in [0.15, 0.2) is 11.5 Å². The number of halogens is 1. The van der Waals surface area contributed by atoms with Gasteiger partial charge in [-0.2, -0.15) is 0 Å². The highest BCUT2D eigenvalue weighted by atomic mass is 79.9. The molecular formula is C14H13BrN2O3. The molecule has 20 heavy (non-hydrogen) atoms. The SMILES string of the molecule is COc1cc(/C=N\O)cc(Br)c1OCc1cccnc1. The lowest BCUT2D eigenvalue weighted by Crippen LogP contribution is -2.00. The van der Waals surface area contributed by atoms with Crippen molar-refractivity contribution in [3.05, 3.63) is 52.3 Å². The second-order valence-electron chi connectivity index (χ2n) is 3.93. The number of oxime groups is 1. The van der Waals surface area contributed by atoms with Crippen LogP contribution in [0.1, 0.15) is 11.1 Å². The molecule has 0 aliphatic carbocycles. The van der Waals surface area contributed by atoms with Crippen molar-refractivity contribution >= 4 is 22.1 Å². The summed E-state index contributed by atoms with van der Waals surface area (Å²) in [6, 6.07) is 7.29. The second kappa shape index (κ2) is 6.91. The fourth-order valence-corrected chi connectivity index (χ4v) is 2.23. The maximum Gasteiger partial charge on any atom is 0.175 e. The van der Waals surface area contributed by atoms with E-state index in [2.05, 4.69) is 26.1 Å². The first-order valence-electron chi connectivity index (χ1n) is 5.81. The molecule has 1 N–H and O–H groups in total. The summed E-state index contributed by atoms with van der Waals surface area (Å²) in [5, 5.41) is 11.6. The number of methoxy groups -OCH3 is 1. The molecule has 0 fully saturated rings. The van der Waals surface area contributed by atoms with Crippen LogP contribution in [0.2, 0.25) is 0 Å². The van der Waals surface area contributed by atoms with E-state index in [0.29, 0.717) is 23.7 Å². The van der Waals surface area contributed by atoms with E-state index >= 15 is 0 Å². The zero-order chi connectivity index (χ0) is 14.4. The van der Waals surface area contributed by atoms with Crippen molar-refractivity contribution in [2.75, 3.05) is 7.11 Å². The van der Waals surface area contributed by atoms with Gasteiger partial charge in [0.1, 0.15) is 6.61 Å². The molecule has 0 radical (unpaired) electrons. The number of hydrogen-bond donors (Lipinski definition) is 1. The predicted octanol–water partition coefficient (Wildman–Crippen LogP) is 3.24. The van der Waals surface area contributed by atoms with Gasteiger partial charge in [-0.1, -0.05) is 11.2 Å². The fraction of sp³-hybridized carbons (Fsp3) is 0.143. The maximum atomic E-state index is 8.57. The van der Waals surface area contributed by atoms with Gasteiger partial charge >= 0.3 is 0 Å². The first-order chi connectivity index (χ1) is 9.74. The fourth-order valence-electron chi connectivity index (χ4n) is 1.66. The average molecular weight is 337 g/mol. The Labute approximate surface area is 125 Å². The van der Waals surface area contributed by atoms with E-state index in [0.717, 1.165) is 10.0 Å². The summed E-state index contributed by atoms with van der Waals surface area (Å²) in [5.41, 5.74) is 1.66. The topological polar surface area (TPSA) is 63.9 Å². The van der Waals surface area contributed by atoms with E-state index in [1.165, 1.54) is 6.21 Å². The standard InChI is InChI=1S/C14H13BrN2O3/c1-19-13-6-11(8-17-18)5-12(15)14(13)20-9-10-3-2-4-16-7-10/h2-8,18H,9H2,1H3/b17-8-. The molecule has 5 nitrogen and oxygen atoms in total. The van der Waals surface area contributed by atoms with Gasteiger partial charge in [0.05, 0.1) is 17.8 Å². The van der Waals surface area contributed by atoms with Crippen LogP contribution in [0, 0.1) is 0 Å².